The van der Waals surface area contributed by atoms with Gasteiger partial charge in [0.25, 0.3) is 12.3 Å². The van der Waals surface area contributed by atoms with Gasteiger partial charge in [-0.1, -0.05) is 24.3 Å². The van der Waals surface area contributed by atoms with Crippen molar-refractivity contribution in [1.82, 2.24) is 0 Å². The molecule has 1 atom stereocenters. The fourth-order valence-electron chi connectivity index (χ4n) is 3.11. The molecule has 9 nitrogen and oxygen atoms in total. The van der Waals surface area contributed by atoms with E-state index in [0.717, 1.165) is 5.56 Å². The lowest BCUT2D eigenvalue weighted by Crippen LogP contribution is -2.39. The Morgan fingerprint density at radius 3 is 1.97 bits per heavy atom. The molecule has 0 aromatic heterocycles. The van der Waals surface area contributed by atoms with Crippen LogP contribution in [-0.2, 0) is 21.7 Å². The Balaban J connectivity index is 0.000000254. The van der Waals surface area contributed by atoms with E-state index < -0.39 is 28.8 Å². The summed E-state index contributed by atoms with van der Waals surface area (Å²) in [6.45, 7) is 0.259. The summed E-state index contributed by atoms with van der Waals surface area (Å²) in [6.07, 6.45) is 0.902. The second-order valence-electron chi connectivity index (χ2n) is 6.68. The van der Waals surface area contributed by atoms with Gasteiger partial charge < -0.3 is 40.1 Å². The van der Waals surface area contributed by atoms with Crippen LogP contribution in [0.1, 0.15) is 17.5 Å². The lowest BCUT2D eigenvalue weighted by atomic mass is 9.93. The van der Waals surface area contributed by atoms with Gasteiger partial charge in [-0.05, 0) is 42.3 Å². The van der Waals surface area contributed by atoms with Gasteiger partial charge in [0, 0.05) is 12.0 Å². The van der Waals surface area contributed by atoms with Gasteiger partial charge >= 0.3 is 0 Å². The number of hydrogen-bond donors (Lipinski definition) is 6. The molecule has 31 heavy (non-hydrogen) atoms. The maximum atomic E-state index is 10.9. The molecule has 0 radical (unpaired) electrons. The summed E-state index contributed by atoms with van der Waals surface area (Å²) in [5, 5.41) is 54.9. The summed E-state index contributed by atoms with van der Waals surface area (Å²) >= 11 is 0. The average Bonchev–Trinajstić information content (AvgIpc) is 2.76. The molecule has 1 heterocycles. The molecule has 9 heteroatoms. The predicted molar refractivity (Wildman–Crippen MR) is 107 cm³/mol. The van der Waals surface area contributed by atoms with Crippen molar-refractivity contribution in [3.8, 4) is 40.2 Å². The number of benzene rings is 3. The summed E-state index contributed by atoms with van der Waals surface area (Å²) in [5.41, 5.74) is 1.21. The average molecular weight is 428 g/mol. The van der Waals surface area contributed by atoms with Gasteiger partial charge in [-0.2, -0.15) is 0 Å². The molecule has 3 aromatic carbocycles. The summed E-state index contributed by atoms with van der Waals surface area (Å²) in [7, 11) is 0. The highest BCUT2D eigenvalue weighted by atomic mass is 16.7. The third-order valence-corrected chi connectivity index (χ3v) is 4.71. The Hall–Kier alpha value is -4.27. The quantitative estimate of drug-likeness (QED) is 0.273. The molecule has 0 aliphatic carbocycles. The van der Waals surface area contributed by atoms with Gasteiger partial charge in [0.05, 0.1) is 0 Å². The van der Waals surface area contributed by atoms with Crippen molar-refractivity contribution in [3.05, 3.63) is 65.7 Å². The summed E-state index contributed by atoms with van der Waals surface area (Å²) in [4.78, 5) is 10.9. The van der Waals surface area contributed by atoms with Crippen LogP contribution in [0, 0.1) is 0 Å². The van der Waals surface area contributed by atoms with Crippen LogP contribution < -0.4 is 4.74 Å². The standard InChI is InChI=1S/C16H14O6.C6H6O3/c17-9-21-16(11-7-12(18)15(20)13(19)8-11)6-5-10-3-1-2-4-14(10)22-16;7-4-2-1-3-5(8)6(4)9/h1-4,7-9,18-20H,5-6H2;1-3,7-9H. The zero-order valence-electron chi connectivity index (χ0n) is 16.1. The fourth-order valence-corrected chi connectivity index (χ4v) is 3.11. The molecule has 0 saturated carbocycles. The highest BCUT2D eigenvalue weighted by Crippen LogP contribution is 2.45. The van der Waals surface area contributed by atoms with Crippen LogP contribution in [0.25, 0.3) is 0 Å². The Labute approximate surface area is 176 Å². The predicted octanol–water partition coefficient (Wildman–Crippen LogP) is 2.96. The largest absolute Gasteiger partial charge is 0.504 e. The van der Waals surface area contributed by atoms with Gasteiger partial charge in [0.15, 0.2) is 34.5 Å². The second-order valence-corrected chi connectivity index (χ2v) is 6.68. The lowest BCUT2D eigenvalue weighted by molar-refractivity contribution is -0.195. The Bertz CT molecular complexity index is 1050. The first-order valence-corrected chi connectivity index (χ1v) is 9.11. The minimum Gasteiger partial charge on any atom is -0.504 e. The van der Waals surface area contributed by atoms with E-state index in [4.69, 9.17) is 24.8 Å². The monoisotopic (exact) mass is 428 g/mol. The molecular weight excluding hydrogens is 408 g/mol. The molecule has 1 unspecified atom stereocenters. The number of phenolic OH excluding ortho intramolecular Hbond substituents is 6. The van der Waals surface area contributed by atoms with Crippen LogP contribution in [0.3, 0.4) is 0 Å². The van der Waals surface area contributed by atoms with E-state index in [9.17, 15) is 20.1 Å². The number of fused-ring (bicyclic) bond motifs is 1. The molecule has 6 N–H and O–H groups in total. The fraction of sp³-hybridized carbons (Fsp3) is 0.136. The molecule has 162 valence electrons. The van der Waals surface area contributed by atoms with Crippen LogP contribution in [0.15, 0.2) is 54.6 Å². The Morgan fingerprint density at radius 1 is 0.806 bits per heavy atom. The van der Waals surface area contributed by atoms with Gasteiger partial charge in [-0.3, -0.25) is 4.79 Å². The van der Waals surface area contributed by atoms with Crippen molar-refractivity contribution in [2.24, 2.45) is 0 Å². The highest BCUT2D eigenvalue weighted by Gasteiger charge is 2.41. The van der Waals surface area contributed by atoms with Crippen LogP contribution in [-0.4, -0.2) is 37.1 Å². The molecule has 1 aliphatic rings. The second kappa shape index (κ2) is 8.62. The number of ether oxygens (including phenoxy) is 2. The third-order valence-electron chi connectivity index (χ3n) is 4.71. The van der Waals surface area contributed by atoms with Crippen LogP contribution in [0.5, 0.6) is 40.2 Å². The molecule has 0 fully saturated rings. The maximum Gasteiger partial charge on any atom is 0.296 e. The molecule has 0 spiro atoms. The van der Waals surface area contributed by atoms with Crippen molar-refractivity contribution in [1.29, 1.82) is 0 Å². The van der Waals surface area contributed by atoms with Crippen molar-refractivity contribution in [3.63, 3.8) is 0 Å². The molecule has 0 amide bonds. The maximum absolute atomic E-state index is 10.9. The number of hydrogen-bond acceptors (Lipinski definition) is 9. The smallest absolute Gasteiger partial charge is 0.296 e. The normalized spacial score (nSPS) is 16.8. The number of aromatic hydroxyl groups is 6. The van der Waals surface area contributed by atoms with Crippen molar-refractivity contribution < 1.29 is 44.9 Å². The Morgan fingerprint density at radius 2 is 1.39 bits per heavy atom. The molecule has 1 aliphatic heterocycles. The highest BCUT2D eigenvalue weighted by molar-refractivity contribution is 5.53. The number of rotatable bonds is 3. The molecule has 0 saturated heterocycles. The number of phenols is 6. The van der Waals surface area contributed by atoms with Crippen molar-refractivity contribution in [2.75, 3.05) is 0 Å². The Kier molecular flexibility index (Phi) is 5.96. The minimum atomic E-state index is -1.46. The number of carbonyl (C=O) groups is 1. The van der Waals surface area contributed by atoms with Crippen LogP contribution in [0.4, 0.5) is 0 Å². The van der Waals surface area contributed by atoms with Gasteiger partial charge in [0.1, 0.15) is 5.75 Å². The van der Waals surface area contributed by atoms with E-state index in [-0.39, 0.29) is 23.5 Å². The van der Waals surface area contributed by atoms with E-state index in [2.05, 4.69) is 0 Å². The summed E-state index contributed by atoms with van der Waals surface area (Å²) in [5.74, 6) is -3.68. The first kappa shape index (κ1) is 21.4. The molecule has 3 aromatic rings. The van der Waals surface area contributed by atoms with Crippen LogP contribution in [0.2, 0.25) is 0 Å². The van der Waals surface area contributed by atoms with Gasteiger partial charge in [0.2, 0.25) is 0 Å². The van der Waals surface area contributed by atoms with E-state index in [0.29, 0.717) is 18.6 Å². The first-order chi connectivity index (χ1) is 14.8. The van der Waals surface area contributed by atoms with E-state index in [1.54, 1.807) is 12.1 Å². The van der Waals surface area contributed by atoms with E-state index in [1.165, 1.54) is 30.3 Å². The lowest BCUT2D eigenvalue weighted by Gasteiger charge is -2.37. The summed E-state index contributed by atoms with van der Waals surface area (Å²) in [6, 6.07) is 13.7. The van der Waals surface area contributed by atoms with Crippen molar-refractivity contribution >= 4 is 6.47 Å². The van der Waals surface area contributed by atoms with Crippen LogP contribution >= 0.6 is 0 Å². The summed E-state index contributed by atoms with van der Waals surface area (Å²) < 4.78 is 11.0. The zero-order chi connectivity index (χ0) is 22.6. The zero-order valence-corrected chi connectivity index (χ0v) is 16.1. The van der Waals surface area contributed by atoms with Gasteiger partial charge in [-0.25, -0.2) is 0 Å². The number of carbonyl (C=O) groups excluding carboxylic acids is 1. The van der Waals surface area contributed by atoms with Gasteiger partial charge in [-0.15, -0.1) is 0 Å². The van der Waals surface area contributed by atoms with E-state index >= 15 is 0 Å². The number of aryl methyl sites for hydroxylation is 1. The third kappa shape index (κ3) is 4.35. The van der Waals surface area contributed by atoms with E-state index in [1.807, 2.05) is 12.1 Å². The minimum absolute atomic E-state index is 0.238. The first-order valence-electron chi connectivity index (χ1n) is 9.11. The number of para-hydroxylation sites is 2. The molecular formula is C22H20O9. The molecule has 4 rings (SSSR count). The van der Waals surface area contributed by atoms with Crippen molar-refractivity contribution in [2.45, 2.75) is 18.6 Å². The SMILES string of the molecule is O=COC1(c2cc(O)c(O)c(O)c2)CCc2ccccc2O1.Oc1cccc(O)c1O. The molecule has 0 bridgehead atoms. The topological polar surface area (TPSA) is 157 Å².